The third kappa shape index (κ3) is 4.76. The summed E-state index contributed by atoms with van der Waals surface area (Å²) in [4.78, 5) is 0. The van der Waals surface area contributed by atoms with E-state index in [9.17, 15) is 10.2 Å². The smallest absolute Gasteiger partial charge is 0.194 e. The Morgan fingerprint density at radius 2 is 1.45 bits per heavy atom. The first-order valence-electron chi connectivity index (χ1n) is 13.7. The van der Waals surface area contributed by atoms with Gasteiger partial charge in [0.25, 0.3) is 0 Å². The first-order valence-corrected chi connectivity index (χ1v) is 13.7. The van der Waals surface area contributed by atoms with Crippen molar-refractivity contribution in [1.29, 1.82) is 0 Å². The Morgan fingerprint density at radius 1 is 0.789 bits per heavy atom. The van der Waals surface area contributed by atoms with Gasteiger partial charge < -0.3 is 29.2 Å². The summed E-state index contributed by atoms with van der Waals surface area (Å²) in [5.74, 6) is 0.759. The fraction of sp³-hybridized carbons (Fsp3) is 0.438. The molecule has 1 aliphatic carbocycles. The van der Waals surface area contributed by atoms with Crippen LogP contribution in [0, 0.1) is 0 Å². The van der Waals surface area contributed by atoms with Gasteiger partial charge in [0.2, 0.25) is 0 Å². The lowest BCUT2D eigenvalue weighted by Gasteiger charge is -2.53. The molecule has 0 unspecified atom stereocenters. The quantitative estimate of drug-likeness (QED) is 0.444. The topological polar surface area (TPSA) is 77.4 Å². The molecule has 6 nitrogen and oxygen atoms in total. The van der Waals surface area contributed by atoms with Crippen LogP contribution in [0.2, 0.25) is 0 Å². The molecule has 2 N–H and O–H groups in total. The predicted molar refractivity (Wildman–Crippen MR) is 143 cm³/mol. The van der Waals surface area contributed by atoms with Crippen molar-refractivity contribution in [2.75, 3.05) is 6.61 Å². The van der Waals surface area contributed by atoms with Crippen LogP contribution in [0.15, 0.2) is 84.9 Å². The maximum Gasteiger partial charge on any atom is 0.194 e. The largest absolute Gasteiger partial charge is 0.490 e. The highest BCUT2D eigenvalue weighted by Crippen LogP contribution is 2.51. The summed E-state index contributed by atoms with van der Waals surface area (Å²) < 4.78 is 24.7. The van der Waals surface area contributed by atoms with Gasteiger partial charge in [-0.3, -0.25) is 0 Å². The number of rotatable bonds is 8. The van der Waals surface area contributed by atoms with Crippen molar-refractivity contribution >= 4 is 0 Å². The van der Waals surface area contributed by atoms with E-state index in [1.165, 1.54) is 19.3 Å². The third-order valence-corrected chi connectivity index (χ3v) is 8.26. The second kappa shape index (κ2) is 10.8. The monoisotopic (exact) mass is 516 g/mol. The zero-order valence-electron chi connectivity index (χ0n) is 21.6. The molecule has 6 heteroatoms. The van der Waals surface area contributed by atoms with Crippen LogP contribution in [0.4, 0.5) is 0 Å². The van der Waals surface area contributed by atoms with Crippen molar-refractivity contribution in [3.63, 3.8) is 0 Å². The lowest BCUT2D eigenvalue weighted by atomic mass is 9.68. The van der Waals surface area contributed by atoms with Gasteiger partial charge in [0.05, 0.1) is 19.3 Å². The van der Waals surface area contributed by atoms with E-state index in [0.29, 0.717) is 5.56 Å². The fourth-order valence-corrected chi connectivity index (χ4v) is 6.22. The molecule has 2 aliphatic heterocycles. The Morgan fingerprint density at radius 3 is 2.13 bits per heavy atom. The van der Waals surface area contributed by atoms with Crippen molar-refractivity contribution in [1.82, 2.24) is 0 Å². The van der Waals surface area contributed by atoms with E-state index in [4.69, 9.17) is 18.9 Å². The minimum atomic E-state index is -1.87. The molecule has 0 radical (unpaired) electrons. The van der Waals surface area contributed by atoms with Gasteiger partial charge in [-0.25, -0.2) is 0 Å². The molecule has 2 heterocycles. The summed E-state index contributed by atoms with van der Waals surface area (Å²) in [6.07, 6.45) is 3.81. The van der Waals surface area contributed by atoms with E-state index in [1.807, 2.05) is 84.9 Å². The maximum atomic E-state index is 12.6. The molecule has 2 bridgehead atoms. The van der Waals surface area contributed by atoms with Crippen molar-refractivity contribution < 1.29 is 29.2 Å². The van der Waals surface area contributed by atoms with E-state index < -0.39 is 29.7 Å². The maximum absolute atomic E-state index is 12.6. The van der Waals surface area contributed by atoms with Crippen molar-refractivity contribution in [3.05, 3.63) is 102 Å². The average Bonchev–Trinajstić information content (AvgIpc) is 3.42. The number of fused-ring (bicyclic) bond motifs is 2. The van der Waals surface area contributed by atoms with Gasteiger partial charge in [0, 0.05) is 6.42 Å². The van der Waals surface area contributed by atoms with Gasteiger partial charge in [-0.05, 0) is 54.5 Å². The first-order chi connectivity index (χ1) is 18.6. The van der Waals surface area contributed by atoms with Crippen molar-refractivity contribution in [2.45, 2.75) is 80.9 Å². The number of hydrogen-bond donors (Lipinski definition) is 2. The zero-order valence-corrected chi connectivity index (χ0v) is 21.6. The van der Waals surface area contributed by atoms with Crippen LogP contribution in [0.5, 0.6) is 5.75 Å². The Balaban J connectivity index is 1.34. The summed E-state index contributed by atoms with van der Waals surface area (Å²) in [7, 11) is 0. The van der Waals surface area contributed by atoms with Crippen LogP contribution in [0.1, 0.15) is 48.8 Å². The lowest BCUT2D eigenvalue weighted by Crippen LogP contribution is -2.71. The van der Waals surface area contributed by atoms with Crippen molar-refractivity contribution in [2.24, 2.45) is 0 Å². The molecule has 0 aromatic heterocycles. The Kier molecular flexibility index (Phi) is 7.25. The summed E-state index contributed by atoms with van der Waals surface area (Å²) in [6, 6.07) is 26.9. The molecule has 0 spiro atoms. The van der Waals surface area contributed by atoms with Crippen LogP contribution in [-0.4, -0.2) is 47.0 Å². The van der Waals surface area contributed by atoms with Crippen LogP contribution in [0.25, 0.3) is 0 Å². The van der Waals surface area contributed by atoms with E-state index in [1.54, 1.807) is 0 Å². The van der Waals surface area contributed by atoms with Gasteiger partial charge >= 0.3 is 0 Å². The van der Waals surface area contributed by atoms with Crippen molar-refractivity contribution in [3.8, 4) is 5.75 Å². The Hall–Kier alpha value is -2.74. The number of hydrogen-bond acceptors (Lipinski definition) is 6. The van der Waals surface area contributed by atoms with E-state index >= 15 is 0 Å². The highest BCUT2D eigenvalue weighted by atomic mass is 16.8. The molecule has 6 rings (SSSR count). The fourth-order valence-electron chi connectivity index (χ4n) is 6.22. The standard InChI is InChI=1S/C32H36O6/c33-31(20-23-10-4-1-5-11-23)29(35-21-24-12-6-2-7-13-24)28-22-36-30(38-28)32(31,34)25-16-18-27(19-17-25)37-26-14-8-3-9-15-26/h1-2,4-7,10-13,16-19,26,28-30,33-34H,3,8-9,14-15,20-22H2/t28-,29-,30-,31+,32+/m1/s1. The first kappa shape index (κ1) is 25.5. The molecule has 5 atom stereocenters. The number of benzene rings is 3. The lowest BCUT2D eigenvalue weighted by molar-refractivity contribution is -0.338. The summed E-state index contributed by atoms with van der Waals surface area (Å²) in [6.45, 7) is 0.504. The second-order valence-electron chi connectivity index (χ2n) is 10.8. The molecular formula is C32H36O6. The highest BCUT2D eigenvalue weighted by Gasteiger charge is 2.69. The SMILES string of the molecule is O[C@@]1(Cc2ccccc2)[C@H](OCc2ccccc2)[C@H]2CO[C@H](O2)[C@@]1(O)c1ccc(OC2CCCCC2)cc1. The summed E-state index contributed by atoms with van der Waals surface area (Å²) >= 11 is 0. The normalized spacial score (nSPS) is 31.3. The second-order valence-corrected chi connectivity index (χ2v) is 10.8. The van der Waals surface area contributed by atoms with Crippen LogP contribution in [0.3, 0.4) is 0 Å². The molecule has 3 fully saturated rings. The number of aliphatic hydroxyl groups is 2. The summed E-state index contributed by atoms with van der Waals surface area (Å²) in [5, 5.41) is 25.0. The van der Waals surface area contributed by atoms with Gasteiger partial charge in [0.15, 0.2) is 11.9 Å². The minimum Gasteiger partial charge on any atom is -0.490 e. The Labute approximate surface area is 224 Å². The van der Waals surface area contributed by atoms with Gasteiger partial charge in [-0.1, -0.05) is 79.2 Å². The molecule has 1 saturated carbocycles. The molecule has 38 heavy (non-hydrogen) atoms. The van der Waals surface area contributed by atoms with Gasteiger partial charge in [0.1, 0.15) is 23.6 Å². The average molecular weight is 517 g/mol. The molecule has 2 saturated heterocycles. The molecular weight excluding hydrogens is 480 g/mol. The van der Waals surface area contributed by atoms with E-state index in [-0.39, 0.29) is 25.7 Å². The van der Waals surface area contributed by atoms with Gasteiger partial charge in [-0.2, -0.15) is 0 Å². The molecule has 3 aliphatic rings. The third-order valence-electron chi connectivity index (χ3n) is 8.26. The minimum absolute atomic E-state index is 0.170. The zero-order chi connectivity index (χ0) is 26.0. The van der Waals surface area contributed by atoms with E-state index in [0.717, 1.165) is 29.7 Å². The predicted octanol–water partition coefficient (Wildman–Crippen LogP) is 4.90. The van der Waals surface area contributed by atoms with Crippen LogP contribution >= 0.6 is 0 Å². The van der Waals surface area contributed by atoms with E-state index in [2.05, 4.69) is 0 Å². The van der Waals surface area contributed by atoms with Gasteiger partial charge in [-0.15, -0.1) is 0 Å². The van der Waals surface area contributed by atoms with Crippen LogP contribution in [-0.2, 0) is 32.8 Å². The molecule has 200 valence electrons. The van der Waals surface area contributed by atoms with Crippen LogP contribution < -0.4 is 4.74 Å². The summed E-state index contributed by atoms with van der Waals surface area (Å²) in [5.41, 5.74) is -1.23. The highest BCUT2D eigenvalue weighted by molar-refractivity contribution is 5.37. The molecule has 3 aromatic carbocycles. The molecule has 0 amide bonds. The number of ether oxygens (including phenoxy) is 4. The Bertz CT molecular complexity index is 1180. The molecule has 3 aromatic rings.